The highest BCUT2D eigenvalue weighted by atomic mass is 35.5. The van der Waals surface area contributed by atoms with Gasteiger partial charge in [0.15, 0.2) is 6.20 Å². The number of rotatable bonds is 3. The predicted octanol–water partition coefficient (Wildman–Crippen LogP) is 2.45. The van der Waals surface area contributed by atoms with Crippen LogP contribution in [0.3, 0.4) is 0 Å². The molecule has 1 aromatic heterocycles. The molecule has 0 aliphatic heterocycles. The van der Waals surface area contributed by atoms with Crippen LogP contribution in [0.4, 0.5) is 19.0 Å². The number of alkyl halides is 2. The Kier molecular flexibility index (Phi) is 3.43. The maximum atomic E-state index is 13.2. The van der Waals surface area contributed by atoms with E-state index < -0.39 is 39.4 Å². The lowest BCUT2D eigenvalue weighted by atomic mass is 10.1. The van der Waals surface area contributed by atoms with Crippen LogP contribution >= 0.6 is 11.6 Å². The predicted molar refractivity (Wildman–Crippen MR) is 46.0 cm³/mol. The van der Waals surface area contributed by atoms with E-state index in [1.807, 2.05) is 0 Å². The summed E-state index contributed by atoms with van der Waals surface area (Å²) < 4.78 is 38.0. The van der Waals surface area contributed by atoms with Crippen LogP contribution in [-0.4, -0.2) is 15.1 Å². The van der Waals surface area contributed by atoms with Gasteiger partial charge in [-0.25, -0.2) is 8.78 Å². The number of nitrogens with zero attached hydrogens (tertiary/aromatic N) is 2. The molecular weight excluding hydrogens is 253 g/mol. The lowest BCUT2D eigenvalue weighted by Gasteiger charge is -2.04. The van der Waals surface area contributed by atoms with Gasteiger partial charge < -0.3 is 10.1 Å². The van der Waals surface area contributed by atoms with E-state index >= 15 is 0 Å². The van der Waals surface area contributed by atoms with E-state index in [0.29, 0.717) is 6.20 Å². The number of pyridine rings is 1. The molecule has 9 heteroatoms. The number of halogens is 4. The number of aromatic nitrogens is 1. The summed E-state index contributed by atoms with van der Waals surface area (Å²) in [5, 5.41) is 8.85. The summed E-state index contributed by atoms with van der Waals surface area (Å²) in [5.41, 5.74) is -2.30. The summed E-state index contributed by atoms with van der Waals surface area (Å²) in [7, 11) is 0. The van der Waals surface area contributed by atoms with E-state index in [1.165, 1.54) is 0 Å². The summed E-state index contributed by atoms with van der Waals surface area (Å²) in [6.45, 7) is 0. The molecule has 0 saturated carbocycles. The minimum Gasteiger partial charge on any atom is -0.358 e. The van der Waals surface area contributed by atoms with Crippen LogP contribution in [0.1, 0.15) is 22.3 Å². The third-order valence-electron chi connectivity index (χ3n) is 1.64. The summed E-state index contributed by atoms with van der Waals surface area (Å²) in [6, 6.07) is 0. The number of carbonyl (C=O) groups excluding carboxylic acids is 1. The molecule has 0 N–H and O–H groups in total. The maximum absolute atomic E-state index is 13.2. The lowest BCUT2D eigenvalue weighted by Crippen LogP contribution is -2.07. The first-order chi connectivity index (χ1) is 7.36. The Morgan fingerprint density at radius 2 is 2.12 bits per heavy atom. The fourth-order valence-corrected chi connectivity index (χ4v) is 1.14. The molecule has 0 aliphatic rings. The molecule has 0 fully saturated rings. The van der Waals surface area contributed by atoms with Gasteiger partial charge in [-0.15, -0.1) is 0 Å². The topological polar surface area (TPSA) is 73.1 Å². The van der Waals surface area contributed by atoms with Gasteiger partial charge in [0.25, 0.3) is 11.7 Å². The Labute approximate surface area is 91.0 Å². The summed E-state index contributed by atoms with van der Waals surface area (Å²) in [4.78, 5) is 22.5. The Morgan fingerprint density at radius 1 is 1.56 bits per heavy atom. The second-order valence-electron chi connectivity index (χ2n) is 2.55. The van der Waals surface area contributed by atoms with Crippen LogP contribution in [0.25, 0.3) is 0 Å². The van der Waals surface area contributed by atoms with E-state index in [0.717, 1.165) is 0 Å². The summed E-state index contributed by atoms with van der Waals surface area (Å²) in [5.74, 6) is -3.23. The highest BCUT2D eigenvalue weighted by Gasteiger charge is 2.30. The molecule has 0 unspecified atom stereocenters. The van der Waals surface area contributed by atoms with Crippen molar-refractivity contribution in [2.45, 2.75) is 6.43 Å². The summed E-state index contributed by atoms with van der Waals surface area (Å²) >= 11 is 4.91. The third-order valence-corrected chi connectivity index (χ3v) is 1.85. The average molecular weight is 255 g/mol. The minimum atomic E-state index is -3.40. The molecule has 1 heterocycles. The van der Waals surface area contributed by atoms with Crippen molar-refractivity contribution in [3.05, 3.63) is 33.3 Å². The number of carbonyl (C=O) groups is 1. The molecular formula is C7H2ClF3N2O3. The molecule has 1 rings (SSSR count). The highest BCUT2D eigenvalue weighted by molar-refractivity contribution is 6.67. The normalized spacial score (nSPS) is 10.6. The SMILES string of the molecule is O=C(Cl)c1cnc([N+](=O)[O-])c(F)c1C(F)F. The molecule has 0 radical (unpaired) electrons. The zero-order valence-corrected chi connectivity index (χ0v) is 8.04. The van der Waals surface area contributed by atoms with Crippen molar-refractivity contribution in [2.75, 3.05) is 0 Å². The molecule has 0 aliphatic carbocycles. The van der Waals surface area contributed by atoms with Gasteiger partial charge >= 0.3 is 5.82 Å². The van der Waals surface area contributed by atoms with E-state index in [-0.39, 0.29) is 0 Å². The van der Waals surface area contributed by atoms with E-state index in [2.05, 4.69) is 4.98 Å². The Morgan fingerprint density at radius 3 is 2.50 bits per heavy atom. The first-order valence-corrected chi connectivity index (χ1v) is 4.04. The second kappa shape index (κ2) is 4.44. The second-order valence-corrected chi connectivity index (χ2v) is 2.90. The van der Waals surface area contributed by atoms with Gasteiger partial charge in [0.1, 0.15) is 0 Å². The zero-order valence-electron chi connectivity index (χ0n) is 7.29. The highest BCUT2D eigenvalue weighted by Crippen LogP contribution is 2.30. The fourth-order valence-electron chi connectivity index (χ4n) is 0.988. The molecule has 0 spiro atoms. The van der Waals surface area contributed by atoms with Crippen LogP contribution in [0.5, 0.6) is 0 Å². The van der Waals surface area contributed by atoms with Gasteiger partial charge in [-0.3, -0.25) is 4.79 Å². The van der Waals surface area contributed by atoms with Crippen molar-refractivity contribution in [1.29, 1.82) is 0 Å². The van der Waals surface area contributed by atoms with Crippen molar-refractivity contribution in [3.63, 3.8) is 0 Å². The van der Waals surface area contributed by atoms with E-state index in [9.17, 15) is 28.1 Å². The number of nitro groups is 1. The van der Waals surface area contributed by atoms with Crippen LogP contribution in [-0.2, 0) is 0 Å². The fraction of sp³-hybridized carbons (Fsp3) is 0.143. The average Bonchev–Trinajstić information content (AvgIpc) is 2.15. The van der Waals surface area contributed by atoms with Gasteiger partial charge in [0, 0.05) is 0 Å². The lowest BCUT2D eigenvalue weighted by molar-refractivity contribution is -0.392. The summed E-state index contributed by atoms with van der Waals surface area (Å²) in [6.07, 6.45) is -2.96. The largest absolute Gasteiger partial charge is 0.400 e. The monoisotopic (exact) mass is 254 g/mol. The molecule has 5 nitrogen and oxygen atoms in total. The van der Waals surface area contributed by atoms with Gasteiger partial charge in [0.2, 0.25) is 5.82 Å². The first-order valence-electron chi connectivity index (χ1n) is 3.67. The first kappa shape index (κ1) is 12.4. The van der Waals surface area contributed by atoms with Gasteiger partial charge in [0.05, 0.1) is 11.1 Å². The number of hydrogen-bond acceptors (Lipinski definition) is 4. The Bertz CT molecular complexity index is 466. The smallest absolute Gasteiger partial charge is 0.358 e. The van der Waals surface area contributed by atoms with Crippen molar-refractivity contribution in [3.8, 4) is 0 Å². The van der Waals surface area contributed by atoms with Gasteiger partial charge in [-0.1, -0.05) is 0 Å². The van der Waals surface area contributed by atoms with Crippen molar-refractivity contribution >= 4 is 22.7 Å². The van der Waals surface area contributed by atoms with Crippen molar-refractivity contribution in [1.82, 2.24) is 4.98 Å². The molecule has 16 heavy (non-hydrogen) atoms. The van der Waals surface area contributed by atoms with E-state index in [4.69, 9.17) is 11.6 Å². The van der Waals surface area contributed by atoms with Gasteiger partial charge in [-0.05, 0) is 21.5 Å². The number of hydrogen-bond donors (Lipinski definition) is 0. The molecule has 0 atom stereocenters. The molecule has 0 saturated heterocycles. The molecule has 0 bridgehead atoms. The third kappa shape index (κ3) is 2.11. The van der Waals surface area contributed by atoms with Crippen LogP contribution in [0.15, 0.2) is 6.20 Å². The maximum Gasteiger partial charge on any atom is 0.400 e. The van der Waals surface area contributed by atoms with Crippen molar-refractivity contribution in [2.24, 2.45) is 0 Å². The zero-order chi connectivity index (χ0) is 12.5. The standard InChI is InChI=1S/C7H2ClF3N2O3/c8-5(14)2-1-12-7(13(15)16)4(9)3(2)6(10)11/h1,6H. The molecule has 0 amide bonds. The van der Waals surface area contributed by atoms with Gasteiger partial charge in [-0.2, -0.15) is 4.39 Å². The Balaban J connectivity index is 3.54. The van der Waals surface area contributed by atoms with Crippen molar-refractivity contribution < 1.29 is 22.9 Å². The quantitative estimate of drug-likeness (QED) is 0.472. The molecule has 86 valence electrons. The van der Waals surface area contributed by atoms with Crippen LogP contribution in [0, 0.1) is 15.9 Å². The van der Waals surface area contributed by atoms with Crippen LogP contribution in [0.2, 0.25) is 0 Å². The van der Waals surface area contributed by atoms with E-state index in [1.54, 1.807) is 0 Å². The minimum absolute atomic E-state index is 0.442. The molecule has 1 aromatic rings. The Hall–Kier alpha value is -1.70. The van der Waals surface area contributed by atoms with Crippen LogP contribution < -0.4 is 0 Å². The molecule has 0 aromatic carbocycles.